The van der Waals surface area contributed by atoms with E-state index in [1.54, 1.807) is 0 Å². The monoisotopic (exact) mass is 262 g/mol. The fourth-order valence-corrected chi connectivity index (χ4v) is 2.69. The van der Waals surface area contributed by atoms with Crippen molar-refractivity contribution < 1.29 is 0 Å². The van der Waals surface area contributed by atoms with Crippen molar-refractivity contribution in [2.24, 2.45) is 0 Å². The van der Waals surface area contributed by atoms with E-state index in [1.807, 2.05) is 37.1 Å². The van der Waals surface area contributed by atoms with Gasteiger partial charge in [0.05, 0.1) is 18.3 Å². The van der Waals surface area contributed by atoms with Crippen molar-refractivity contribution in [3.8, 4) is 0 Å². The number of hydrogen-bond donors (Lipinski definition) is 2. The number of hydrogen-bond acceptors (Lipinski definition) is 4. The van der Waals surface area contributed by atoms with Gasteiger partial charge in [0.15, 0.2) is 0 Å². The maximum absolute atomic E-state index is 4.57. The molecule has 98 valence electrons. The SMILES string of the molecule is C1=Cc2cc(C3NC=Cc4ccncc43)cnc2CN1. The molecule has 2 aliphatic rings. The quantitative estimate of drug-likeness (QED) is 0.827. The first-order valence-electron chi connectivity index (χ1n) is 6.67. The summed E-state index contributed by atoms with van der Waals surface area (Å²) in [5, 5.41) is 6.57. The molecule has 0 radical (unpaired) electrons. The van der Waals surface area contributed by atoms with Gasteiger partial charge in [0.2, 0.25) is 0 Å². The van der Waals surface area contributed by atoms with Crippen LogP contribution in [0, 0.1) is 0 Å². The Bertz CT molecular complexity index is 718. The minimum atomic E-state index is 0.116. The Morgan fingerprint density at radius 1 is 1.10 bits per heavy atom. The van der Waals surface area contributed by atoms with Gasteiger partial charge in [-0.25, -0.2) is 0 Å². The molecule has 2 aliphatic heterocycles. The van der Waals surface area contributed by atoms with Gasteiger partial charge >= 0.3 is 0 Å². The fourth-order valence-electron chi connectivity index (χ4n) is 2.69. The van der Waals surface area contributed by atoms with Crippen LogP contribution in [0.4, 0.5) is 0 Å². The van der Waals surface area contributed by atoms with Crippen molar-refractivity contribution in [2.45, 2.75) is 12.6 Å². The number of aromatic nitrogens is 2. The Kier molecular flexibility index (Phi) is 2.52. The van der Waals surface area contributed by atoms with Crippen LogP contribution in [0.1, 0.15) is 34.0 Å². The van der Waals surface area contributed by atoms with Gasteiger partial charge in [-0.1, -0.05) is 0 Å². The van der Waals surface area contributed by atoms with E-state index in [9.17, 15) is 0 Å². The lowest BCUT2D eigenvalue weighted by Crippen LogP contribution is -2.22. The highest BCUT2D eigenvalue weighted by molar-refractivity contribution is 5.60. The van der Waals surface area contributed by atoms with Crippen LogP contribution in [0.3, 0.4) is 0 Å². The predicted octanol–water partition coefficient (Wildman–Crippen LogP) is 2.21. The molecular weight excluding hydrogens is 248 g/mol. The van der Waals surface area contributed by atoms with Gasteiger partial charge in [-0.3, -0.25) is 9.97 Å². The van der Waals surface area contributed by atoms with E-state index in [1.165, 1.54) is 16.7 Å². The molecule has 4 heterocycles. The average molecular weight is 262 g/mol. The van der Waals surface area contributed by atoms with Crippen LogP contribution in [0.2, 0.25) is 0 Å². The highest BCUT2D eigenvalue weighted by Crippen LogP contribution is 2.29. The molecule has 0 amide bonds. The van der Waals surface area contributed by atoms with Crippen LogP contribution in [0.5, 0.6) is 0 Å². The zero-order valence-electron chi connectivity index (χ0n) is 10.9. The van der Waals surface area contributed by atoms with Crippen LogP contribution >= 0.6 is 0 Å². The zero-order chi connectivity index (χ0) is 13.4. The molecule has 0 bridgehead atoms. The lowest BCUT2D eigenvalue weighted by atomic mass is 9.93. The lowest BCUT2D eigenvalue weighted by Gasteiger charge is -2.24. The highest BCUT2D eigenvalue weighted by Gasteiger charge is 2.20. The highest BCUT2D eigenvalue weighted by atomic mass is 14.9. The third-order valence-electron chi connectivity index (χ3n) is 3.73. The van der Waals surface area contributed by atoms with Gasteiger partial charge in [0.1, 0.15) is 0 Å². The van der Waals surface area contributed by atoms with Gasteiger partial charge in [0.25, 0.3) is 0 Å². The second-order valence-corrected chi connectivity index (χ2v) is 4.96. The fraction of sp³-hybridized carbons (Fsp3) is 0.125. The summed E-state index contributed by atoms with van der Waals surface area (Å²) in [6.45, 7) is 0.794. The first-order chi connectivity index (χ1) is 9.92. The molecule has 0 saturated carbocycles. The van der Waals surface area contributed by atoms with E-state index in [0.29, 0.717) is 0 Å². The lowest BCUT2D eigenvalue weighted by molar-refractivity contribution is 0.708. The Labute approximate surface area is 117 Å². The standard InChI is InChI=1S/C16H14N4/c1-4-17-9-14-11(1)3-6-19-16(14)13-7-12-2-5-18-10-15(12)20-8-13/h1-9,16,18-19H,10H2. The number of pyridine rings is 2. The third-order valence-corrected chi connectivity index (χ3v) is 3.73. The first-order valence-corrected chi connectivity index (χ1v) is 6.67. The van der Waals surface area contributed by atoms with Crippen molar-refractivity contribution in [3.63, 3.8) is 0 Å². The van der Waals surface area contributed by atoms with Crippen molar-refractivity contribution in [2.75, 3.05) is 0 Å². The minimum absolute atomic E-state index is 0.116. The maximum Gasteiger partial charge on any atom is 0.0798 e. The first kappa shape index (κ1) is 11.2. The Morgan fingerprint density at radius 3 is 3.05 bits per heavy atom. The number of rotatable bonds is 1. The van der Waals surface area contributed by atoms with Crippen LogP contribution in [0.25, 0.3) is 12.2 Å². The summed E-state index contributed by atoms with van der Waals surface area (Å²) in [5.74, 6) is 0. The normalized spacial score (nSPS) is 18.7. The van der Waals surface area contributed by atoms with Gasteiger partial charge in [-0.15, -0.1) is 0 Å². The van der Waals surface area contributed by atoms with Gasteiger partial charge in [-0.2, -0.15) is 0 Å². The van der Waals surface area contributed by atoms with Crippen LogP contribution in [-0.4, -0.2) is 9.97 Å². The maximum atomic E-state index is 4.57. The molecule has 1 atom stereocenters. The summed E-state index contributed by atoms with van der Waals surface area (Å²) in [6.07, 6.45) is 13.8. The Morgan fingerprint density at radius 2 is 2.05 bits per heavy atom. The van der Waals surface area contributed by atoms with Crippen LogP contribution in [0.15, 0.2) is 43.1 Å². The molecule has 0 aliphatic carbocycles. The van der Waals surface area contributed by atoms with Crippen molar-refractivity contribution in [3.05, 3.63) is 71.1 Å². The molecule has 4 heteroatoms. The van der Waals surface area contributed by atoms with Crippen molar-refractivity contribution in [1.82, 2.24) is 20.6 Å². The molecule has 2 aromatic rings. The van der Waals surface area contributed by atoms with Crippen LogP contribution in [-0.2, 0) is 6.54 Å². The molecule has 4 nitrogen and oxygen atoms in total. The molecule has 1 unspecified atom stereocenters. The van der Waals surface area contributed by atoms with E-state index in [4.69, 9.17) is 0 Å². The van der Waals surface area contributed by atoms with Crippen molar-refractivity contribution >= 4 is 12.2 Å². The molecule has 0 aromatic carbocycles. The van der Waals surface area contributed by atoms with Gasteiger partial charge < -0.3 is 10.6 Å². The zero-order valence-corrected chi connectivity index (χ0v) is 10.9. The molecule has 0 fully saturated rings. The second-order valence-electron chi connectivity index (χ2n) is 4.96. The van der Waals surface area contributed by atoms with Crippen LogP contribution < -0.4 is 10.6 Å². The molecule has 0 spiro atoms. The Balaban J connectivity index is 1.79. The summed E-state index contributed by atoms with van der Waals surface area (Å²) in [5.41, 5.74) is 5.83. The van der Waals surface area contributed by atoms with Crippen molar-refractivity contribution in [1.29, 1.82) is 0 Å². The van der Waals surface area contributed by atoms with E-state index >= 15 is 0 Å². The molecule has 2 aromatic heterocycles. The average Bonchev–Trinajstić information content (AvgIpc) is 2.54. The van der Waals surface area contributed by atoms with E-state index in [-0.39, 0.29) is 6.04 Å². The number of fused-ring (bicyclic) bond motifs is 2. The predicted molar refractivity (Wildman–Crippen MR) is 78.4 cm³/mol. The van der Waals surface area contributed by atoms with Gasteiger partial charge in [-0.05, 0) is 53.4 Å². The largest absolute Gasteiger partial charge is 0.385 e. The summed E-state index contributed by atoms with van der Waals surface area (Å²) in [6, 6.07) is 4.35. The summed E-state index contributed by atoms with van der Waals surface area (Å²) >= 11 is 0. The molecule has 20 heavy (non-hydrogen) atoms. The minimum Gasteiger partial charge on any atom is -0.385 e. The van der Waals surface area contributed by atoms with E-state index in [0.717, 1.165) is 17.8 Å². The van der Waals surface area contributed by atoms with E-state index in [2.05, 4.69) is 38.8 Å². The molecule has 2 N–H and O–H groups in total. The Hall–Kier alpha value is -2.62. The summed E-state index contributed by atoms with van der Waals surface area (Å²) in [4.78, 5) is 8.81. The molecule has 0 saturated heterocycles. The summed E-state index contributed by atoms with van der Waals surface area (Å²) < 4.78 is 0. The van der Waals surface area contributed by atoms with E-state index < -0.39 is 0 Å². The summed E-state index contributed by atoms with van der Waals surface area (Å²) in [7, 11) is 0. The second kappa shape index (κ2) is 4.49. The topological polar surface area (TPSA) is 49.8 Å². The van der Waals surface area contributed by atoms with Gasteiger partial charge in [0, 0.05) is 24.2 Å². The molecule has 4 rings (SSSR count). The number of nitrogens with zero attached hydrogens (tertiary/aromatic N) is 2. The molecular formula is C16H14N4. The third kappa shape index (κ3) is 1.77. The smallest absolute Gasteiger partial charge is 0.0798 e. The number of nitrogens with one attached hydrogen (secondary N) is 2.